The van der Waals surface area contributed by atoms with Crippen LogP contribution in [-0.2, 0) is 17.6 Å². The second-order valence-corrected chi connectivity index (χ2v) is 10.4. The third-order valence-corrected chi connectivity index (χ3v) is 6.82. The average molecular weight is 431 g/mol. The summed E-state index contributed by atoms with van der Waals surface area (Å²) in [6.45, 7) is 7.55. The topological polar surface area (TPSA) is 41.6 Å². The van der Waals surface area contributed by atoms with Crippen molar-refractivity contribution in [2.75, 3.05) is 18.0 Å². The van der Waals surface area contributed by atoms with Gasteiger partial charge in [0.25, 0.3) is 0 Å². The molecule has 0 bridgehead atoms. The maximum Gasteiger partial charge on any atom is 0.407 e. The van der Waals surface area contributed by atoms with E-state index in [4.69, 9.17) is 4.74 Å². The van der Waals surface area contributed by atoms with E-state index in [0.29, 0.717) is 0 Å². The lowest BCUT2D eigenvalue weighted by molar-refractivity contribution is 0.0500. The molecule has 1 heterocycles. The van der Waals surface area contributed by atoms with Crippen LogP contribution in [0, 0.1) is 0 Å². The van der Waals surface area contributed by atoms with Gasteiger partial charge in [0.1, 0.15) is 5.60 Å². The van der Waals surface area contributed by atoms with Crippen LogP contribution >= 0.6 is 0 Å². The molecule has 1 saturated heterocycles. The maximum absolute atomic E-state index is 12.4. The fourth-order valence-corrected chi connectivity index (χ4v) is 5.47. The Morgan fingerprint density at radius 1 is 1.03 bits per heavy atom. The first-order chi connectivity index (χ1) is 15.4. The van der Waals surface area contributed by atoms with Gasteiger partial charge in [-0.2, -0.15) is 0 Å². The first-order valence-electron chi connectivity index (χ1n) is 12.1. The monoisotopic (exact) mass is 430 g/mol. The lowest BCUT2D eigenvalue weighted by atomic mass is 9.85. The second kappa shape index (κ2) is 8.31. The minimum Gasteiger partial charge on any atom is -0.444 e. The summed E-state index contributed by atoms with van der Waals surface area (Å²) in [6, 6.07) is 15.9. The van der Waals surface area contributed by atoms with Crippen LogP contribution in [0.25, 0.3) is 21.5 Å². The van der Waals surface area contributed by atoms with Crippen molar-refractivity contribution in [3.05, 3.63) is 53.6 Å². The number of benzene rings is 3. The van der Waals surface area contributed by atoms with Crippen LogP contribution in [0.4, 0.5) is 10.5 Å². The molecule has 1 N–H and O–H groups in total. The number of fused-ring (bicyclic) bond motifs is 5. The van der Waals surface area contributed by atoms with Crippen molar-refractivity contribution in [2.24, 2.45) is 0 Å². The largest absolute Gasteiger partial charge is 0.444 e. The van der Waals surface area contributed by atoms with Gasteiger partial charge in [0.2, 0.25) is 0 Å². The first-order valence-corrected chi connectivity index (χ1v) is 12.1. The van der Waals surface area contributed by atoms with E-state index in [1.807, 2.05) is 20.8 Å². The zero-order valence-corrected chi connectivity index (χ0v) is 19.5. The molecular formula is C28H34N2O2. The van der Waals surface area contributed by atoms with E-state index in [-0.39, 0.29) is 12.1 Å². The fraction of sp³-hybridized carbons (Fsp3) is 0.464. The van der Waals surface area contributed by atoms with Crippen molar-refractivity contribution in [2.45, 2.75) is 70.9 Å². The van der Waals surface area contributed by atoms with Gasteiger partial charge in [-0.25, -0.2) is 4.79 Å². The van der Waals surface area contributed by atoms with Crippen LogP contribution in [0.2, 0.25) is 0 Å². The summed E-state index contributed by atoms with van der Waals surface area (Å²) in [4.78, 5) is 14.9. The Balaban J connectivity index is 1.54. The number of carbonyl (C=O) groups is 1. The third-order valence-electron chi connectivity index (χ3n) is 6.82. The van der Waals surface area contributed by atoms with E-state index >= 15 is 0 Å². The molecule has 1 aliphatic heterocycles. The number of nitrogens with one attached hydrogen (secondary N) is 1. The number of hydrogen-bond donors (Lipinski definition) is 1. The molecule has 0 radical (unpaired) electrons. The number of rotatable bonds is 2. The van der Waals surface area contributed by atoms with Gasteiger partial charge in [0.05, 0.1) is 0 Å². The van der Waals surface area contributed by atoms with Crippen LogP contribution < -0.4 is 10.2 Å². The van der Waals surface area contributed by atoms with Crippen LogP contribution in [0.3, 0.4) is 0 Å². The van der Waals surface area contributed by atoms with E-state index in [1.54, 1.807) is 0 Å². The SMILES string of the molecule is CC(C)(C)OC(=O)NC1CCCN(c2cc3ccccc3c3ccc4c(c23)CCCC4)C1. The molecule has 1 fully saturated rings. The molecule has 0 aromatic heterocycles. The molecule has 32 heavy (non-hydrogen) atoms. The summed E-state index contributed by atoms with van der Waals surface area (Å²) in [5.74, 6) is 0. The summed E-state index contributed by atoms with van der Waals surface area (Å²) in [6.07, 6.45) is 6.62. The van der Waals surface area contributed by atoms with Gasteiger partial charge >= 0.3 is 6.09 Å². The molecule has 168 valence electrons. The van der Waals surface area contributed by atoms with Crippen molar-refractivity contribution in [1.82, 2.24) is 5.32 Å². The van der Waals surface area contributed by atoms with Crippen molar-refractivity contribution in [3.8, 4) is 0 Å². The molecule has 1 amide bonds. The first kappa shape index (κ1) is 21.1. The maximum atomic E-state index is 12.4. The number of anilines is 1. The molecule has 4 heteroatoms. The number of ether oxygens (including phenoxy) is 1. The van der Waals surface area contributed by atoms with Crippen molar-refractivity contribution < 1.29 is 9.53 Å². The third kappa shape index (κ3) is 4.15. The molecule has 2 aliphatic rings. The molecular weight excluding hydrogens is 396 g/mol. The quantitative estimate of drug-likeness (QED) is 0.481. The zero-order chi connectivity index (χ0) is 22.3. The van der Waals surface area contributed by atoms with E-state index in [9.17, 15) is 4.79 Å². The van der Waals surface area contributed by atoms with Gasteiger partial charge < -0.3 is 15.0 Å². The number of hydrogen-bond acceptors (Lipinski definition) is 3. The Labute approximate surface area is 190 Å². The van der Waals surface area contributed by atoms with Crippen molar-refractivity contribution in [1.29, 1.82) is 0 Å². The highest BCUT2D eigenvalue weighted by Crippen LogP contribution is 2.40. The highest BCUT2D eigenvalue weighted by atomic mass is 16.6. The number of carbonyl (C=O) groups excluding carboxylic acids is 1. The van der Waals surface area contributed by atoms with Gasteiger partial charge in [-0.1, -0.05) is 36.4 Å². The molecule has 1 unspecified atom stereocenters. The summed E-state index contributed by atoms with van der Waals surface area (Å²) in [7, 11) is 0. The molecule has 5 rings (SSSR count). The predicted molar refractivity (Wildman–Crippen MR) is 133 cm³/mol. The molecule has 3 aromatic rings. The number of amides is 1. The van der Waals surface area contributed by atoms with Gasteiger partial charge in [-0.15, -0.1) is 0 Å². The lowest BCUT2D eigenvalue weighted by Gasteiger charge is -2.36. The van der Waals surface area contributed by atoms with E-state index in [0.717, 1.165) is 32.4 Å². The highest BCUT2D eigenvalue weighted by molar-refractivity contribution is 6.14. The van der Waals surface area contributed by atoms with Crippen LogP contribution in [0.15, 0.2) is 42.5 Å². The minimum atomic E-state index is -0.480. The van der Waals surface area contributed by atoms with E-state index in [1.165, 1.54) is 57.6 Å². The molecule has 1 atom stereocenters. The Bertz CT molecular complexity index is 1160. The summed E-state index contributed by atoms with van der Waals surface area (Å²) in [5, 5.41) is 8.53. The fourth-order valence-electron chi connectivity index (χ4n) is 5.47. The molecule has 0 saturated carbocycles. The number of piperidine rings is 1. The van der Waals surface area contributed by atoms with Crippen molar-refractivity contribution >= 4 is 33.3 Å². The Kier molecular flexibility index (Phi) is 5.48. The Hall–Kier alpha value is -2.75. The summed E-state index contributed by atoms with van der Waals surface area (Å²) >= 11 is 0. The van der Waals surface area contributed by atoms with Crippen LogP contribution in [0.1, 0.15) is 57.6 Å². The van der Waals surface area contributed by atoms with Gasteiger partial charge in [-0.05, 0) is 92.6 Å². The normalized spacial score (nSPS) is 19.1. The van der Waals surface area contributed by atoms with Gasteiger partial charge in [0, 0.05) is 30.2 Å². The predicted octanol–water partition coefficient (Wildman–Crippen LogP) is 6.37. The standard InChI is InChI=1S/C28H34N2O2/c1-28(2,3)32-27(31)29-21-11-8-16-30(18-21)25-17-20-10-5-6-12-22(20)24-15-14-19-9-4-7-13-23(19)26(24)25/h5-6,10,12,14-15,17,21H,4,7-9,11,13,16,18H2,1-3H3,(H,29,31). The number of nitrogens with zero attached hydrogens (tertiary/aromatic N) is 1. The Morgan fingerprint density at radius 3 is 2.69 bits per heavy atom. The number of aryl methyl sites for hydroxylation is 2. The minimum absolute atomic E-state index is 0.0969. The molecule has 1 aliphatic carbocycles. The van der Waals surface area contributed by atoms with Gasteiger partial charge in [0.15, 0.2) is 0 Å². The second-order valence-electron chi connectivity index (χ2n) is 10.4. The van der Waals surface area contributed by atoms with Crippen molar-refractivity contribution in [3.63, 3.8) is 0 Å². The molecule has 4 nitrogen and oxygen atoms in total. The van der Waals surface area contributed by atoms with E-state index in [2.05, 4.69) is 52.7 Å². The van der Waals surface area contributed by atoms with E-state index < -0.39 is 5.60 Å². The average Bonchev–Trinajstić information content (AvgIpc) is 2.77. The summed E-state index contributed by atoms with van der Waals surface area (Å²) < 4.78 is 5.52. The summed E-state index contributed by atoms with van der Waals surface area (Å²) in [5.41, 5.74) is 3.90. The Morgan fingerprint density at radius 2 is 1.84 bits per heavy atom. The van der Waals surface area contributed by atoms with Gasteiger partial charge in [-0.3, -0.25) is 0 Å². The highest BCUT2D eigenvalue weighted by Gasteiger charge is 2.27. The molecule has 0 spiro atoms. The molecule has 3 aromatic carbocycles. The smallest absolute Gasteiger partial charge is 0.407 e. The zero-order valence-electron chi connectivity index (χ0n) is 19.5. The van der Waals surface area contributed by atoms with Crippen LogP contribution in [0.5, 0.6) is 0 Å². The lowest BCUT2D eigenvalue weighted by Crippen LogP contribution is -2.49. The number of alkyl carbamates (subject to hydrolysis) is 1. The van der Waals surface area contributed by atoms with Crippen LogP contribution in [-0.4, -0.2) is 30.8 Å².